The van der Waals surface area contributed by atoms with Gasteiger partial charge in [-0.25, -0.2) is 4.98 Å². The number of carbonyl (C=O) groups is 1. The molecule has 1 atom stereocenters. The van der Waals surface area contributed by atoms with E-state index in [1.807, 2.05) is 13.8 Å². The molecule has 2 aromatic heterocycles. The number of amides is 1. The number of nitro benzene ring substituents is 1. The SMILES string of the molecule is Cc1nc(N2C(=O)c3oc4ccccc4c(=O)c3[C@@H]2c2ccc([N+](=O)[O-])cc2)sc1C. The van der Waals surface area contributed by atoms with Crippen molar-refractivity contribution in [2.24, 2.45) is 0 Å². The summed E-state index contributed by atoms with van der Waals surface area (Å²) in [5.41, 5.74) is 1.51. The predicted octanol–water partition coefficient (Wildman–Crippen LogP) is 4.52. The minimum absolute atomic E-state index is 0.0300. The van der Waals surface area contributed by atoms with Crippen LogP contribution >= 0.6 is 11.3 Å². The smallest absolute Gasteiger partial charge is 0.297 e. The molecular weight excluding hydrogens is 418 g/mol. The first-order valence-electron chi connectivity index (χ1n) is 9.44. The lowest BCUT2D eigenvalue weighted by atomic mass is 9.98. The van der Waals surface area contributed by atoms with E-state index >= 15 is 0 Å². The Hall–Kier alpha value is -3.85. The van der Waals surface area contributed by atoms with Crippen LogP contribution in [-0.4, -0.2) is 15.8 Å². The van der Waals surface area contributed by atoms with E-state index in [2.05, 4.69) is 4.98 Å². The molecule has 2 aromatic carbocycles. The molecule has 0 saturated heterocycles. The summed E-state index contributed by atoms with van der Waals surface area (Å²) in [6.07, 6.45) is 0. The second-order valence-corrected chi connectivity index (χ2v) is 8.42. The van der Waals surface area contributed by atoms with Gasteiger partial charge in [0.2, 0.25) is 5.76 Å². The van der Waals surface area contributed by atoms with Gasteiger partial charge in [0, 0.05) is 17.0 Å². The molecular formula is C22H15N3O5S. The van der Waals surface area contributed by atoms with E-state index < -0.39 is 16.9 Å². The van der Waals surface area contributed by atoms with Gasteiger partial charge in [-0.15, -0.1) is 11.3 Å². The molecule has 0 spiro atoms. The maximum atomic E-state index is 13.4. The highest BCUT2D eigenvalue weighted by molar-refractivity contribution is 7.15. The van der Waals surface area contributed by atoms with E-state index in [1.54, 1.807) is 36.4 Å². The highest BCUT2D eigenvalue weighted by atomic mass is 32.1. The highest BCUT2D eigenvalue weighted by Gasteiger charge is 2.45. The van der Waals surface area contributed by atoms with Crippen LogP contribution in [0.5, 0.6) is 0 Å². The number of fused-ring (bicyclic) bond motifs is 2. The Morgan fingerprint density at radius 3 is 2.45 bits per heavy atom. The van der Waals surface area contributed by atoms with Crippen LogP contribution < -0.4 is 10.3 Å². The number of thiazole rings is 1. The number of benzene rings is 2. The molecule has 0 bridgehead atoms. The number of hydrogen-bond donors (Lipinski definition) is 0. The number of aromatic nitrogens is 1. The van der Waals surface area contributed by atoms with E-state index in [-0.39, 0.29) is 22.4 Å². The van der Waals surface area contributed by atoms with Gasteiger partial charge < -0.3 is 4.42 Å². The zero-order chi connectivity index (χ0) is 21.9. The van der Waals surface area contributed by atoms with E-state index in [9.17, 15) is 19.7 Å². The second kappa shape index (κ2) is 6.85. The summed E-state index contributed by atoms with van der Waals surface area (Å²) in [6.45, 7) is 3.75. The van der Waals surface area contributed by atoms with Gasteiger partial charge in [-0.3, -0.25) is 24.6 Å². The van der Waals surface area contributed by atoms with Crippen LogP contribution in [0.4, 0.5) is 10.8 Å². The fourth-order valence-electron chi connectivity index (χ4n) is 3.77. The van der Waals surface area contributed by atoms with Crippen molar-refractivity contribution in [3.05, 3.63) is 96.3 Å². The number of nitro groups is 1. The van der Waals surface area contributed by atoms with Crippen molar-refractivity contribution >= 4 is 39.0 Å². The number of hydrogen-bond acceptors (Lipinski definition) is 7. The number of aryl methyl sites for hydroxylation is 2. The molecule has 3 heterocycles. The topological polar surface area (TPSA) is 107 Å². The lowest BCUT2D eigenvalue weighted by Crippen LogP contribution is -2.29. The van der Waals surface area contributed by atoms with Gasteiger partial charge in [-0.2, -0.15) is 0 Å². The maximum Gasteiger partial charge on any atom is 0.297 e. The van der Waals surface area contributed by atoms with Crippen LogP contribution in [-0.2, 0) is 0 Å². The third kappa shape index (κ3) is 2.85. The monoisotopic (exact) mass is 433 g/mol. The largest absolute Gasteiger partial charge is 0.450 e. The quantitative estimate of drug-likeness (QED) is 0.347. The molecule has 8 nitrogen and oxygen atoms in total. The molecule has 1 amide bonds. The fraction of sp³-hybridized carbons (Fsp3) is 0.136. The van der Waals surface area contributed by atoms with Crippen molar-refractivity contribution in [2.75, 3.05) is 4.90 Å². The average molecular weight is 433 g/mol. The van der Waals surface area contributed by atoms with Gasteiger partial charge >= 0.3 is 0 Å². The molecule has 0 unspecified atom stereocenters. The number of rotatable bonds is 3. The van der Waals surface area contributed by atoms with E-state index in [1.165, 1.54) is 28.4 Å². The summed E-state index contributed by atoms with van der Waals surface area (Å²) in [5.74, 6) is -0.493. The molecule has 1 aliphatic rings. The fourth-order valence-corrected chi connectivity index (χ4v) is 4.71. The standard InChI is InChI=1S/C22H15N3O5S/c1-11-12(2)31-22(23-11)24-18(13-7-9-14(10-8-13)25(28)29)17-19(26)15-5-3-4-6-16(15)30-20(17)21(24)27/h3-10,18H,1-2H3/t18-/m0/s1. The Morgan fingerprint density at radius 1 is 1.10 bits per heavy atom. The molecule has 5 rings (SSSR count). The van der Waals surface area contributed by atoms with Crippen LogP contribution in [0.1, 0.15) is 38.3 Å². The first kappa shape index (κ1) is 19.1. The second-order valence-electron chi connectivity index (χ2n) is 7.23. The summed E-state index contributed by atoms with van der Waals surface area (Å²) in [6, 6.07) is 11.8. The number of carbonyl (C=O) groups excluding carboxylic acids is 1. The first-order valence-corrected chi connectivity index (χ1v) is 10.3. The Bertz CT molecular complexity index is 1420. The summed E-state index contributed by atoms with van der Waals surface area (Å²) in [4.78, 5) is 44.3. The summed E-state index contributed by atoms with van der Waals surface area (Å²) in [7, 11) is 0. The van der Waals surface area contributed by atoms with Crippen molar-refractivity contribution in [2.45, 2.75) is 19.9 Å². The van der Waals surface area contributed by atoms with Gasteiger partial charge in [0.05, 0.1) is 27.6 Å². The molecule has 154 valence electrons. The van der Waals surface area contributed by atoms with Crippen LogP contribution in [0.15, 0.2) is 57.7 Å². The first-order chi connectivity index (χ1) is 14.9. The van der Waals surface area contributed by atoms with Crippen LogP contribution in [0.25, 0.3) is 11.0 Å². The lowest BCUT2D eigenvalue weighted by Gasteiger charge is -2.22. The molecule has 31 heavy (non-hydrogen) atoms. The number of anilines is 1. The summed E-state index contributed by atoms with van der Waals surface area (Å²) in [5, 5.41) is 11.9. The molecule has 0 aliphatic carbocycles. The Balaban J connectivity index is 1.79. The third-order valence-electron chi connectivity index (χ3n) is 5.42. The van der Waals surface area contributed by atoms with Crippen LogP contribution in [0, 0.1) is 24.0 Å². The van der Waals surface area contributed by atoms with Crippen molar-refractivity contribution in [3.8, 4) is 0 Å². The third-order valence-corrected chi connectivity index (χ3v) is 6.49. The Labute approximate surface area is 179 Å². The number of nitrogens with zero attached hydrogens (tertiary/aromatic N) is 3. The van der Waals surface area contributed by atoms with E-state index in [0.29, 0.717) is 21.7 Å². The Morgan fingerprint density at radius 2 is 1.81 bits per heavy atom. The molecule has 0 radical (unpaired) electrons. The molecule has 1 aliphatic heterocycles. The highest BCUT2D eigenvalue weighted by Crippen LogP contribution is 2.43. The van der Waals surface area contributed by atoms with Gasteiger partial charge in [0.1, 0.15) is 5.58 Å². The summed E-state index contributed by atoms with van der Waals surface area (Å²) < 4.78 is 5.88. The van der Waals surface area contributed by atoms with Crippen molar-refractivity contribution in [3.63, 3.8) is 0 Å². The van der Waals surface area contributed by atoms with Gasteiger partial charge in [0.15, 0.2) is 10.6 Å². The zero-order valence-electron chi connectivity index (χ0n) is 16.5. The maximum absolute atomic E-state index is 13.4. The van der Waals surface area contributed by atoms with Gasteiger partial charge in [-0.1, -0.05) is 12.1 Å². The summed E-state index contributed by atoms with van der Waals surface area (Å²) >= 11 is 1.34. The van der Waals surface area contributed by atoms with E-state index in [4.69, 9.17) is 4.42 Å². The molecule has 4 aromatic rings. The average Bonchev–Trinajstić information content (AvgIpc) is 3.24. The Kier molecular flexibility index (Phi) is 4.23. The minimum Gasteiger partial charge on any atom is -0.450 e. The van der Waals surface area contributed by atoms with Crippen molar-refractivity contribution < 1.29 is 14.1 Å². The molecule has 0 fully saturated rings. The predicted molar refractivity (Wildman–Crippen MR) is 116 cm³/mol. The zero-order valence-corrected chi connectivity index (χ0v) is 17.3. The van der Waals surface area contributed by atoms with Crippen LogP contribution in [0.3, 0.4) is 0 Å². The minimum atomic E-state index is -0.797. The molecule has 0 N–H and O–H groups in total. The molecule has 0 saturated carbocycles. The number of para-hydroxylation sites is 1. The van der Waals surface area contributed by atoms with Gasteiger partial charge in [0.25, 0.3) is 11.6 Å². The number of non-ortho nitro benzene ring substituents is 1. The lowest BCUT2D eigenvalue weighted by molar-refractivity contribution is -0.384. The van der Waals surface area contributed by atoms with Crippen molar-refractivity contribution in [1.82, 2.24) is 4.98 Å². The molecule has 9 heteroatoms. The van der Waals surface area contributed by atoms with E-state index in [0.717, 1.165) is 10.6 Å². The van der Waals surface area contributed by atoms with Crippen LogP contribution in [0.2, 0.25) is 0 Å². The normalized spacial score (nSPS) is 15.5. The van der Waals surface area contributed by atoms with Gasteiger partial charge in [-0.05, 0) is 43.7 Å². The van der Waals surface area contributed by atoms with Crippen molar-refractivity contribution in [1.29, 1.82) is 0 Å².